The third-order valence-electron chi connectivity index (χ3n) is 2.49. The average Bonchev–Trinajstić information content (AvgIpc) is 2.02. The van der Waals surface area contributed by atoms with Crippen LogP contribution in [0.5, 0.6) is 0 Å². The summed E-state index contributed by atoms with van der Waals surface area (Å²) >= 11 is 0. The lowest BCUT2D eigenvalue weighted by Crippen LogP contribution is -2.15. The highest BCUT2D eigenvalue weighted by atomic mass is 14.3. The molecule has 1 atom stereocenters. The summed E-state index contributed by atoms with van der Waals surface area (Å²) in [7, 11) is 0. The van der Waals surface area contributed by atoms with E-state index in [-0.39, 0.29) is 0 Å². The predicted octanol–water partition coefficient (Wildman–Crippen LogP) is 3.90. The summed E-state index contributed by atoms with van der Waals surface area (Å²) in [6.45, 7) is 6.65. The third-order valence-corrected chi connectivity index (χ3v) is 2.49. The van der Waals surface area contributed by atoms with Crippen molar-refractivity contribution >= 4 is 0 Å². The molecule has 0 aliphatic carbocycles. The summed E-state index contributed by atoms with van der Waals surface area (Å²) < 4.78 is 0. The van der Waals surface area contributed by atoms with Crippen LogP contribution in [0.1, 0.15) is 59.3 Å². The Morgan fingerprint density at radius 3 is 2.25 bits per heavy atom. The van der Waals surface area contributed by atoms with E-state index in [0.29, 0.717) is 5.41 Å². The molecule has 0 spiro atoms. The van der Waals surface area contributed by atoms with Gasteiger partial charge in [0.05, 0.1) is 6.07 Å². The molecule has 0 bridgehead atoms. The number of rotatable bonds is 6. The Kier molecular flexibility index (Phi) is 5.80. The minimum Gasteiger partial charge on any atom is -0.198 e. The van der Waals surface area contributed by atoms with Crippen LogP contribution in [0.15, 0.2) is 0 Å². The maximum atomic E-state index is 8.68. The van der Waals surface area contributed by atoms with Gasteiger partial charge in [-0.25, -0.2) is 0 Å². The highest BCUT2D eigenvalue weighted by Crippen LogP contribution is 2.32. The molecule has 0 fully saturated rings. The van der Waals surface area contributed by atoms with Gasteiger partial charge in [-0.1, -0.05) is 40.0 Å². The second-order valence-electron chi connectivity index (χ2n) is 4.00. The third kappa shape index (κ3) is 4.38. The van der Waals surface area contributed by atoms with Crippen molar-refractivity contribution in [3.05, 3.63) is 0 Å². The molecule has 0 aliphatic rings. The van der Waals surface area contributed by atoms with Gasteiger partial charge in [-0.15, -0.1) is 0 Å². The molecule has 0 aliphatic heterocycles. The fourth-order valence-electron chi connectivity index (χ4n) is 1.70. The molecule has 0 heterocycles. The maximum Gasteiger partial charge on any atom is 0.0627 e. The van der Waals surface area contributed by atoms with Gasteiger partial charge in [0, 0.05) is 6.42 Å². The number of hydrogen-bond acceptors (Lipinski definition) is 1. The van der Waals surface area contributed by atoms with Crippen LogP contribution in [-0.4, -0.2) is 0 Å². The van der Waals surface area contributed by atoms with Crippen molar-refractivity contribution < 1.29 is 0 Å². The van der Waals surface area contributed by atoms with Crippen molar-refractivity contribution in [1.29, 1.82) is 5.26 Å². The minimum atomic E-state index is 0.291. The Hall–Kier alpha value is -0.510. The van der Waals surface area contributed by atoms with Crippen molar-refractivity contribution in [2.45, 2.75) is 59.3 Å². The van der Waals surface area contributed by atoms with E-state index in [2.05, 4.69) is 26.8 Å². The Bertz CT molecular complexity index is 146. The number of nitrogens with zero attached hydrogens (tertiary/aromatic N) is 1. The first-order valence-corrected chi connectivity index (χ1v) is 5.05. The quantitative estimate of drug-likeness (QED) is 0.588. The van der Waals surface area contributed by atoms with Crippen LogP contribution in [0.2, 0.25) is 0 Å². The molecule has 1 heteroatoms. The van der Waals surface area contributed by atoms with E-state index in [1.54, 1.807) is 0 Å². The molecule has 12 heavy (non-hydrogen) atoms. The Labute approximate surface area is 76.8 Å². The van der Waals surface area contributed by atoms with E-state index >= 15 is 0 Å². The number of hydrogen-bond donors (Lipinski definition) is 0. The highest BCUT2D eigenvalue weighted by molar-refractivity contribution is 4.84. The van der Waals surface area contributed by atoms with Gasteiger partial charge in [-0.2, -0.15) is 5.26 Å². The second kappa shape index (κ2) is 6.06. The Morgan fingerprint density at radius 1 is 1.17 bits per heavy atom. The molecule has 1 unspecified atom stereocenters. The van der Waals surface area contributed by atoms with E-state index in [4.69, 9.17) is 5.26 Å². The molecular weight excluding hydrogens is 146 g/mol. The van der Waals surface area contributed by atoms with Crippen LogP contribution in [0.4, 0.5) is 0 Å². The first kappa shape index (κ1) is 11.5. The monoisotopic (exact) mass is 167 g/mol. The molecule has 0 saturated carbocycles. The smallest absolute Gasteiger partial charge is 0.0627 e. The van der Waals surface area contributed by atoms with E-state index in [9.17, 15) is 0 Å². The van der Waals surface area contributed by atoms with Gasteiger partial charge < -0.3 is 0 Å². The average molecular weight is 167 g/mol. The summed E-state index contributed by atoms with van der Waals surface area (Å²) in [6, 6.07) is 2.30. The number of unbranched alkanes of at least 4 members (excludes halogenated alkanes) is 1. The lowest BCUT2D eigenvalue weighted by Gasteiger charge is -2.26. The minimum absolute atomic E-state index is 0.291. The summed E-state index contributed by atoms with van der Waals surface area (Å²) in [5.41, 5.74) is 0.291. The Balaban J connectivity index is 3.91. The van der Waals surface area contributed by atoms with E-state index < -0.39 is 0 Å². The van der Waals surface area contributed by atoms with Gasteiger partial charge in [0.2, 0.25) is 0 Å². The molecule has 0 radical (unpaired) electrons. The van der Waals surface area contributed by atoms with E-state index in [1.165, 1.54) is 32.1 Å². The zero-order valence-corrected chi connectivity index (χ0v) is 8.69. The molecule has 0 N–H and O–H groups in total. The fourth-order valence-corrected chi connectivity index (χ4v) is 1.70. The van der Waals surface area contributed by atoms with Gasteiger partial charge in [-0.3, -0.25) is 0 Å². The molecule has 70 valence electrons. The lowest BCUT2D eigenvalue weighted by molar-refractivity contribution is 0.267. The van der Waals surface area contributed by atoms with Gasteiger partial charge in [0.15, 0.2) is 0 Å². The van der Waals surface area contributed by atoms with Crippen LogP contribution in [0, 0.1) is 16.7 Å². The first-order chi connectivity index (χ1) is 5.68. The van der Waals surface area contributed by atoms with Crippen LogP contribution >= 0.6 is 0 Å². The topological polar surface area (TPSA) is 23.8 Å². The van der Waals surface area contributed by atoms with Crippen molar-refractivity contribution in [2.24, 2.45) is 5.41 Å². The van der Waals surface area contributed by atoms with Crippen LogP contribution in [-0.2, 0) is 0 Å². The van der Waals surface area contributed by atoms with Crippen LogP contribution < -0.4 is 0 Å². The maximum absolute atomic E-state index is 8.68. The second-order valence-corrected chi connectivity index (χ2v) is 4.00. The molecule has 0 rings (SSSR count). The number of nitriles is 1. The van der Waals surface area contributed by atoms with Crippen molar-refractivity contribution in [3.63, 3.8) is 0 Å². The van der Waals surface area contributed by atoms with E-state index in [0.717, 1.165) is 6.42 Å². The van der Waals surface area contributed by atoms with Crippen molar-refractivity contribution in [3.8, 4) is 6.07 Å². The summed E-state index contributed by atoms with van der Waals surface area (Å²) in [5, 5.41) is 8.68. The van der Waals surface area contributed by atoms with Gasteiger partial charge in [0.25, 0.3) is 0 Å². The molecule has 0 amide bonds. The summed E-state index contributed by atoms with van der Waals surface area (Å²) in [6.07, 6.45) is 6.83. The molecule has 0 aromatic rings. The molecule has 0 saturated heterocycles. The predicted molar refractivity (Wildman–Crippen MR) is 52.8 cm³/mol. The first-order valence-electron chi connectivity index (χ1n) is 5.05. The molecular formula is C11H21N. The normalized spacial score (nSPS) is 15.2. The molecule has 0 aromatic heterocycles. The van der Waals surface area contributed by atoms with Gasteiger partial charge >= 0.3 is 0 Å². The Morgan fingerprint density at radius 2 is 1.83 bits per heavy atom. The van der Waals surface area contributed by atoms with Crippen LogP contribution in [0.25, 0.3) is 0 Å². The van der Waals surface area contributed by atoms with Gasteiger partial charge in [-0.05, 0) is 18.3 Å². The largest absolute Gasteiger partial charge is 0.198 e. The summed E-state index contributed by atoms with van der Waals surface area (Å²) in [4.78, 5) is 0. The highest BCUT2D eigenvalue weighted by Gasteiger charge is 2.21. The lowest BCUT2D eigenvalue weighted by atomic mass is 9.78. The van der Waals surface area contributed by atoms with Crippen molar-refractivity contribution in [1.82, 2.24) is 0 Å². The molecule has 1 nitrogen and oxygen atoms in total. The van der Waals surface area contributed by atoms with E-state index in [1.807, 2.05) is 0 Å². The van der Waals surface area contributed by atoms with Crippen molar-refractivity contribution in [2.75, 3.05) is 0 Å². The zero-order chi connectivity index (χ0) is 9.45. The SMILES string of the molecule is CCCCC(C)(CC#N)CCC. The van der Waals surface area contributed by atoms with Gasteiger partial charge in [0.1, 0.15) is 0 Å². The standard InChI is InChI=1S/C11H21N/c1-4-6-8-11(3,7-5-2)9-10-12/h4-9H2,1-3H3. The van der Waals surface area contributed by atoms with Crippen LogP contribution in [0.3, 0.4) is 0 Å². The summed E-state index contributed by atoms with van der Waals surface area (Å²) in [5.74, 6) is 0. The fraction of sp³-hybridized carbons (Fsp3) is 0.909. The molecule has 0 aromatic carbocycles. The zero-order valence-electron chi connectivity index (χ0n) is 8.69.